The van der Waals surface area contributed by atoms with Crippen LogP contribution in [0.25, 0.3) is 0 Å². The van der Waals surface area contributed by atoms with Crippen molar-refractivity contribution in [1.82, 2.24) is 0 Å². The predicted octanol–water partition coefficient (Wildman–Crippen LogP) is 10.4. The SMILES string of the molecule is C[C](C)(C)[Sn]([Cl])([Cl])[O][Si]([O][Sn]([Cl])([Cl])[C](C)(C)C)([O][Sn]([Cl])([Cl])[C](C)(C)C)[O][Sn]([Cl])([Cl])[C](C)(C)C. The van der Waals surface area contributed by atoms with Crippen LogP contribution in [0.5, 0.6) is 0 Å². The fourth-order valence-electron chi connectivity index (χ4n) is 1.37. The van der Waals surface area contributed by atoms with Gasteiger partial charge in [0.05, 0.1) is 0 Å². The van der Waals surface area contributed by atoms with Crippen molar-refractivity contribution >= 4 is 147 Å². The summed E-state index contributed by atoms with van der Waals surface area (Å²) in [6.07, 6.45) is 0. The van der Waals surface area contributed by atoms with Crippen LogP contribution >= 0.6 is 71.4 Å². The van der Waals surface area contributed by atoms with Crippen molar-refractivity contribution in [2.24, 2.45) is 0 Å². The second kappa shape index (κ2) is 12.4. The first-order valence-electron chi connectivity index (χ1n) is 10.1. The van der Waals surface area contributed by atoms with Crippen molar-refractivity contribution < 1.29 is 11.1 Å². The van der Waals surface area contributed by atoms with Gasteiger partial charge in [0.2, 0.25) is 0 Å². The summed E-state index contributed by atoms with van der Waals surface area (Å²) in [5.74, 6) is 0. The summed E-state index contributed by atoms with van der Waals surface area (Å²) < 4.78 is 23.4. The minimum absolute atomic E-state index is 0.609. The van der Waals surface area contributed by atoms with Gasteiger partial charge in [-0.2, -0.15) is 0 Å². The Hall–Kier alpha value is 5.57. The van der Waals surface area contributed by atoms with E-state index in [1.54, 1.807) is 0 Å². The van der Waals surface area contributed by atoms with E-state index < -0.39 is 88.9 Å². The van der Waals surface area contributed by atoms with E-state index in [0.717, 1.165) is 0 Å². The predicted molar refractivity (Wildman–Crippen MR) is 159 cm³/mol. The topological polar surface area (TPSA) is 36.9 Å². The molecular formula is C16H36Cl8O4SiSn4. The van der Waals surface area contributed by atoms with E-state index in [1.165, 1.54) is 0 Å². The molecule has 0 rings (SSSR count). The number of rotatable bonds is 8. The van der Waals surface area contributed by atoms with Crippen LogP contribution in [0.2, 0.25) is 13.7 Å². The van der Waals surface area contributed by atoms with Crippen LogP contribution in [-0.2, 0) is 11.1 Å². The Balaban J connectivity index is 7.15. The quantitative estimate of drug-likeness (QED) is 0.227. The zero-order chi connectivity index (χ0) is 27.3. The molecule has 0 aliphatic carbocycles. The van der Waals surface area contributed by atoms with E-state index in [-0.39, 0.29) is 0 Å². The fourth-order valence-corrected chi connectivity index (χ4v) is 57.0. The molecule has 0 radical (unpaired) electrons. The summed E-state index contributed by atoms with van der Waals surface area (Å²) in [6.45, 7) is 22.4. The van der Waals surface area contributed by atoms with Gasteiger partial charge < -0.3 is 0 Å². The average molecular weight is 1080 g/mol. The molecule has 33 heavy (non-hydrogen) atoms. The van der Waals surface area contributed by atoms with Gasteiger partial charge >= 0.3 is 254 Å². The van der Waals surface area contributed by atoms with Crippen molar-refractivity contribution in [3.63, 3.8) is 0 Å². The van der Waals surface area contributed by atoms with E-state index in [0.29, 0.717) is 0 Å². The standard InChI is InChI=1S/4C4H9.8ClH.O4Si.4Sn/c4*1-4(2)3;;;;;;;;;1-5(2,3)4;;;;/h4*1-3H3;8*1H;;;;;/q;;;;;;;;;;;;-4;4*+3/p-8. The van der Waals surface area contributed by atoms with Crippen LogP contribution in [-0.4, -0.2) is 75.2 Å². The third kappa shape index (κ3) is 11.1. The Kier molecular flexibility index (Phi) is 14.5. The molecule has 0 aromatic carbocycles. The third-order valence-electron chi connectivity index (χ3n) is 4.51. The van der Waals surface area contributed by atoms with Crippen molar-refractivity contribution in [2.75, 3.05) is 0 Å². The van der Waals surface area contributed by atoms with Gasteiger partial charge in [-0.25, -0.2) is 0 Å². The Labute approximate surface area is 249 Å². The van der Waals surface area contributed by atoms with Gasteiger partial charge in [0.1, 0.15) is 0 Å². The van der Waals surface area contributed by atoms with Crippen molar-refractivity contribution in [3.05, 3.63) is 0 Å². The van der Waals surface area contributed by atoms with Gasteiger partial charge in [-0.15, -0.1) is 0 Å². The molecule has 17 heteroatoms. The maximum atomic E-state index is 6.89. The molecule has 0 amide bonds. The molecule has 4 nitrogen and oxygen atoms in total. The average Bonchev–Trinajstić information content (AvgIpc) is 2.38. The van der Waals surface area contributed by atoms with Crippen LogP contribution in [0.15, 0.2) is 0 Å². The van der Waals surface area contributed by atoms with Crippen molar-refractivity contribution in [3.8, 4) is 0 Å². The molecule has 0 saturated carbocycles. The Morgan fingerprint density at radius 3 is 0.576 bits per heavy atom. The van der Waals surface area contributed by atoms with Crippen LogP contribution in [0.1, 0.15) is 83.1 Å². The first-order chi connectivity index (χ1) is 13.8. The van der Waals surface area contributed by atoms with E-state index in [4.69, 9.17) is 82.4 Å². The molecule has 0 unspecified atom stereocenters. The van der Waals surface area contributed by atoms with Gasteiger partial charge in [0, 0.05) is 0 Å². The van der Waals surface area contributed by atoms with Gasteiger partial charge in [-0.1, -0.05) is 0 Å². The zero-order valence-electron chi connectivity index (χ0n) is 21.2. The molecule has 0 saturated heterocycles. The molecule has 0 fully saturated rings. The molecule has 0 spiro atoms. The first kappa shape index (κ1) is 38.6. The monoisotopic (exact) mass is 1080 g/mol. The summed E-state index contributed by atoms with van der Waals surface area (Å²) in [6, 6.07) is 0. The van der Waals surface area contributed by atoms with Crippen molar-refractivity contribution in [1.29, 1.82) is 0 Å². The van der Waals surface area contributed by atoms with Crippen LogP contribution in [0.3, 0.4) is 0 Å². The second-order valence-electron chi connectivity index (χ2n) is 12.0. The van der Waals surface area contributed by atoms with E-state index in [2.05, 4.69) is 0 Å². The number of hydrogen-bond acceptors (Lipinski definition) is 4. The molecule has 0 atom stereocenters. The molecule has 0 aromatic rings. The molecule has 200 valence electrons. The molecule has 0 bridgehead atoms. The van der Waals surface area contributed by atoms with E-state index in [9.17, 15) is 0 Å². The summed E-state index contributed by atoms with van der Waals surface area (Å²) in [5, 5.41) is 0. The van der Waals surface area contributed by atoms with E-state index in [1.807, 2.05) is 83.1 Å². The summed E-state index contributed by atoms with van der Waals surface area (Å²) in [4.78, 5) is 0. The van der Waals surface area contributed by atoms with Gasteiger partial charge in [0.25, 0.3) is 0 Å². The molecule has 0 aliphatic rings. The minimum atomic E-state index is -4.54. The first-order valence-corrected chi connectivity index (χ1v) is 51.1. The van der Waals surface area contributed by atoms with Crippen LogP contribution < -0.4 is 0 Å². The Morgan fingerprint density at radius 1 is 0.364 bits per heavy atom. The van der Waals surface area contributed by atoms with E-state index >= 15 is 0 Å². The summed E-state index contributed by atoms with van der Waals surface area (Å²) >= 11 is -18.2. The summed E-state index contributed by atoms with van der Waals surface area (Å²) in [7, 11) is 50.6. The number of halogens is 8. The fraction of sp³-hybridized carbons (Fsp3) is 1.00. The Morgan fingerprint density at radius 2 is 0.485 bits per heavy atom. The van der Waals surface area contributed by atoms with Crippen LogP contribution in [0, 0.1) is 0 Å². The van der Waals surface area contributed by atoms with Gasteiger partial charge in [-0.05, 0) is 0 Å². The normalized spacial score (nSPS) is 16.4. The molecule has 0 N–H and O–H groups in total. The molecule has 0 aliphatic heterocycles. The molecule has 0 aromatic heterocycles. The Bertz CT molecular complexity index is 568. The second-order valence-corrected chi connectivity index (χ2v) is 83.5. The van der Waals surface area contributed by atoms with Gasteiger partial charge in [0.15, 0.2) is 0 Å². The third-order valence-corrected chi connectivity index (χ3v) is 86.7. The zero-order valence-corrected chi connectivity index (χ0v) is 39.6. The molecule has 0 heterocycles. The van der Waals surface area contributed by atoms with Crippen molar-refractivity contribution in [2.45, 2.75) is 96.8 Å². The van der Waals surface area contributed by atoms with Crippen LogP contribution in [0.4, 0.5) is 0 Å². The molecular weight excluding hydrogens is 1040 g/mol. The summed E-state index contributed by atoms with van der Waals surface area (Å²) in [5.41, 5.74) is 0. The maximum absolute atomic E-state index is 6.89. The number of hydrogen-bond donors (Lipinski definition) is 0. The van der Waals surface area contributed by atoms with Gasteiger partial charge in [-0.3, -0.25) is 0 Å².